The first kappa shape index (κ1) is 14.3. The zero-order chi connectivity index (χ0) is 13.9. The number of hydrogen-bond donors (Lipinski definition) is 0. The molecule has 0 heterocycles. The van der Waals surface area contributed by atoms with Crippen molar-refractivity contribution in [3.8, 4) is 11.5 Å². The molecule has 0 aliphatic rings. The van der Waals surface area contributed by atoms with Crippen LogP contribution < -0.4 is 19.8 Å². The Morgan fingerprint density at radius 2 is 1.00 bits per heavy atom. The minimum atomic E-state index is -2.69. The molecule has 0 aliphatic heterocycles. The van der Waals surface area contributed by atoms with E-state index in [2.05, 4.69) is 0 Å². The van der Waals surface area contributed by atoms with Crippen LogP contribution in [0, 0.1) is 0 Å². The number of halogens is 2. The van der Waals surface area contributed by atoms with Crippen molar-refractivity contribution < 1.29 is 9.47 Å². The highest BCUT2D eigenvalue weighted by Gasteiger charge is 2.33. The van der Waals surface area contributed by atoms with Gasteiger partial charge in [0.2, 0.25) is 0 Å². The molecule has 2 rings (SSSR count). The normalized spacial score (nSPS) is 11.2. The SMILES string of the molecule is COc1ccc([Si](Cl)(Cl)c2ccc(OC)cc2)cc1. The molecule has 0 aliphatic carbocycles. The molecule has 2 nitrogen and oxygen atoms in total. The topological polar surface area (TPSA) is 18.5 Å². The van der Waals surface area contributed by atoms with Crippen LogP contribution in [0.2, 0.25) is 0 Å². The molecule has 0 saturated carbocycles. The second-order valence-corrected chi connectivity index (χ2v) is 10.3. The molecule has 0 spiro atoms. The summed E-state index contributed by atoms with van der Waals surface area (Å²) in [6, 6.07) is 15.1. The van der Waals surface area contributed by atoms with Gasteiger partial charge in [0.05, 0.1) is 14.2 Å². The molecule has 0 saturated heterocycles. The van der Waals surface area contributed by atoms with Crippen molar-refractivity contribution in [1.82, 2.24) is 0 Å². The van der Waals surface area contributed by atoms with Crippen LogP contribution in [0.4, 0.5) is 0 Å². The largest absolute Gasteiger partial charge is 0.497 e. The fraction of sp³-hybridized carbons (Fsp3) is 0.143. The highest BCUT2D eigenvalue weighted by Crippen LogP contribution is 2.19. The van der Waals surface area contributed by atoms with E-state index in [-0.39, 0.29) is 0 Å². The number of hydrogen-bond acceptors (Lipinski definition) is 2. The van der Waals surface area contributed by atoms with Gasteiger partial charge < -0.3 is 9.47 Å². The first-order valence-corrected chi connectivity index (χ1v) is 9.77. The van der Waals surface area contributed by atoms with Gasteiger partial charge in [-0.3, -0.25) is 0 Å². The summed E-state index contributed by atoms with van der Waals surface area (Å²) in [6.45, 7) is -2.69. The van der Waals surface area contributed by atoms with E-state index < -0.39 is 6.69 Å². The zero-order valence-electron chi connectivity index (χ0n) is 10.7. The molecule has 19 heavy (non-hydrogen) atoms. The van der Waals surface area contributed by atoms with Crippen molar-refractivity contribution in [2.75, 3.05) is 14.2 Å². The molecular formula is C14H14Cl2O2Si. The minimum Gasteiger partial charge on any atom is -0.497 e. The van der Waals surface area contributed by atoms with E-state index >= 15 is 0 Å². The van der Waals surface area contributed by atoms with Crippen LogP contribution in [0.15, 0.2) is 48.5 Å². The monoisotopic (exact) mass is 312 g/mol. The van der Waals surface area contributed by atoms with Gasteiger partial charge >= 0.3 is 6.69 Å². The van der Waals surface area contributed by atoms with E-state index in [0.717, 1.165) is 21.9 Å². The standard InChI is InChI=1S/C14H14Cl2O2Si/c1-17-11-3-7-13(8-4-11)19(15,16)14-9-5-12(18-2)6-10-14/h3-10H,1-2H3. The first-order valence-electron chi connectivity index (χ1n) is 5.75. The van der Waals surface area contributed by atoms with E-state index in [1.165, 1.54) is 0 Å². The lowest BCUT2D eigenvalue weighted by Crippen LogP contribution is -2.48. The maximum atomic E-state index is 6.60. The number of ether oxygens (including phenoxy) is 2. The summed E-state index contributed by atoms with van der Waals surface area (Å²) in [4.78, 5) is 0. The van der Waals surface area contributed by atoms with Crippen LogP contribution in [-0.4, -0.2) is 20.9 Å². The second kappa shape index (κ2) is 5.86. The Labute approximate surface area is 123 Å². The van der Waals surface area contributed by atoms with Gasteiger partial charge in [0.1, 0.15) is 11.5 Å². The van der Waals surface area contributed by atoms with Crippen LogP contribution in [0.5, 0.6) is 11.5 Å². The van der Waals surface area contributed by atoms with Gasteiger partial charge in [0.25, 0.3) is 0 Å². The predicted molar refractivity (Wildman–Crippen MR) is 82.7 cm³/mol. The van der Waals surface area contributed by atoms with Crippen molar-refractivity contribution in [2.45, 2.75) is 0 Å². The number of rotatable bonds is 4. The maximum Gasteiger partial charge on any atom is 0.310 e. The van der Waals surface area contributed by atoms with Gasteiger partial charge in [-0.05, 0) is 34.6 Å². The van der Waals surface area contributed by atoms with E-state index in [9.17, 15) is 0 Å². The molecule has 0 atom stereocenters. The molecule has 0 aromatic heterocycles. The fourth-order valence-electron chi connectivity index (χ4n) is 1.77. The maximum absolute atomic E-state index is 6.60. The smallest absolute Gasteiger partial charge is 0.310 e. The van der Waals surface area contributed by atoms with Crippen molar-refractivity contribution in [2.24, 2.45) is 0 Å². The molecule has 5 heteroatoms. The molecule has 0 unspecified atom stereocenters. The Kier molecular flexibility index (Phi) is 4.40. The average molecular weight is 313 g/mol. The quantitative estimate of drug-likeness (QED) is 0.638. The lowest BCUT2D eigenvalue weighted by Gasteiger charge is -2.18. The van der Waals surface area contributed by atoms with E-state index in [1.807, 2.05) is 48.5 Å². The summed E-state index contributed by atoms with van der Waals surface area (Å²) in [5, 5.41) is 1.86. The average Bonchev–Trinajstić information content (AvgIpc) is 2.47. The summed E-state index contributed by atoms with van der Waals surface area (Å²) in [5.41, 5.74) is 0. The van der Waals surface area contributed by atoms with Gasteiger partial charge in [-0.2, -0.15) is 0 Å². The highest BCUT2D eigenvalue weighted by atomic mass is 35.7. The van der Waals surface area contributed by atoms with Gasteiger partial charge in [-0.1, -0.05) is 24.3 Å². The van der Waals surface area contributed by atoms with Gasteiger partial charge in [0.15, 0.2) is 0 Å². The van der Waals surface area contributed by atoms with Gasteiger partial charge in [-0.15, -0.1) is 22.2 Å². The summed E-state index contributed by atoms with van der Waals surface area (Å²) in [5.74, 6) is 1.58. The number of benzene rings is 2. The molecule has 2 aromatic rings. The molecule has 0 amide bonds. The highest BCUT2D eigenvalue weighted by molar-refractivity contribution is 7.56. The fourth-order valence-corrected chi connectivity index (χ4v) is 4.78. The predicted octanol–water partition coefficient (Wildman–Crippen LogP) is 2.74. The zero-order valence-corrected chi connectivity index (χ0v) is 13.2. The third kappa shape index (κ3) is 3.05. The molecular weight excluding hydrogens is 299 g/mol. The van der Waals surface area contributed by atoms with Crippen LogP contribution in [0.25, 0.3) is 0 Å². The molecule has 0 radical (unpaired) electrons. The molecule has 2 aromatic carbocycles. The second-order valence-electron chi connectivity index (χ2n) is 4.03. The molecule has 0 fully saturated rings. The van der Waals surface area contributed by atoms with Gasteiger partial charge in [0, 0.05) is 0 Å². The molecule has 0 N–H and O–H groups in total. The van der Waals surface area contributed by atoms with Crippen molar-refractivity contribution in [3.05, 3.63) is 48.5 Å². The van der Waals surface area contributed by atoms with Gasteiger partial charge in [-0.25, -0.2) is 0 Å². The van der Waals surface area contributed by atoms with Crippen molar-refractivity contribution >= 4 is 39.2 Å². The van der Waals surface area contributed by atoms with E-state index in [0.29, 0.717) is 0 Å². The summed E-state index contributed by atoms with van der Waals surface area (Å²) in [7, 11) is 3.26. The lowest BCUT2D eigenvalue weighted by atomic mass is 10.3. The Balaban J connectivity index is 2.33. The van der Waals surface area contributed by atoms with E-state index in [1.54, 1.807) is 14.2 Å². The molecule has 100 valence electrons. The summed E-state index contributed by atoms with van der Waals surface area (Å²) in [6.07, 6.45) is 0. The van der Waals surface area contributed by atoms with Crippen molar-refractivity contribution in [1.29, 1.82) is 0 Å². The van der Waals surface area contributed by atoms with Crippen LogP contribution in [0.1, 0.15) is 0 Å². The molecule has 0 bridgehead atoms. The number of methoxy groups -OCH3 is 2. The lowest BCUT2D eigenvalue weighted by molar-refractivity contribution is 0.415. The van der Waals surface area contributed by atoms with E-state index in [4.69, 9.17) is 31.6 Å². The Morgan fingerprint density at radius 1 is 0.684 bits per heavy atom. The van der Waals surface area contributed by atoms with Crippen LogP contribution >= 0.6 is 22.2 Å². The first-order chi connectivity index (χ1) is 9.07. The van der Waals surface area contributed by atoms with Crippen LogP contribution in [0.3, 0.4) is 0 Å². The summed E-state index contributed by atoms with van der Waals surface area (Å²) >= 11 is 13.2. The Hall–Kier alpha value is -1.16. The third-order valence-electron chi connectivity index (χ3n) is 2.91. The van der Waals surface area contributed by atoms with Crippen LogP contribution in [-0.2, 0) is 0 Å². The van der Waals surface area contributed by atoms with Crippen molar-refractivity contribution in [3.63, 3.8) is 0 Å². The summed E-state index contributed by atoms with van der Waals surface area (Å²) < 4.78 is 10.3. The third-order valence-corrected chi connectivity index (χ3v) is 7.64. The minimum absolute atomic E-state index is 0.789. The Bertz CT molecular complexity index is 489. The Morgan fingerprint density at radius 3 is 1.26 bits per heavy atom.